The minimum Gasteiger partial charge on any atom is -0.395 e. The highest BCUT2D eigenvalue weighted by atomic mass is 19.3. The van der Waals surface area contributed by atoms with Crippen LogP contribution in [-0.4, -0.2) is 42.7 Å². The SMILES string of the molecule is OCCN(CCC1CC1)CC(F)F. The van der Waals surface area contributed by atoms with Gasteiger partial charge in [0.25, 0.3) is 6.43 Å². The van der Waals surface area contributed by atoms with Gasteiger partial charge in [0.2, 0.25) is 0 Å². The van der Waals surface area contributed by atoms with Crippen LogP contribution in [-0.2, 0) is 0 Å². The van der Waals surface area contributed by atoms with Gasteiger partial charge in [-0.3, -0.25) is 4.90 Å². The fourth-order valence-corrected chi connectivity index (χ4v) is 1.40. The van der Waals surface area contributed by atoms with Crippen LogP contribution in [0.15, 0.2) is 0 Å². The second kappa shape index (κ2) is 5.50. The summed E-state index contributed by atoms with van der Waals surface area (Å²) in [6.45, 7) is 0.845. The molecule has 1 fully saturated rings. The standard InChI is InChI=1S/C9H17F2NO/c10-9(11)7-12(5-6-13)4-3-8-1-2-8/h8-9,13H,1-7H2. The lowest BCUT2D eigenvalue weighted by atomic mass is 10.3. The molecule has 0 radical (unpaired) electrons. The molecule has 0 bridgehead atoms. The van der Waals surface area contributed by atoms with E-state index < -0.39 is 6.43 Å². The van der Waals surface area contributed by atoms with Gasteiger partial charge in [-0.25, -0.2) is 8.78 Å². The van der Waals surface area contributed by atoms with Crippen molar-refractivity contribution in [3.63, 3.8) is 0 Å². The van der Waals surface area contributed by atoms with E-state index in [1.54, 1.807) is 4.90 Å². The van der Waals surface area contributed by atoms with Crippen LogP contribution in [0.2, 0.25) is 0 Å². The van der Waals surface area contributed by atoms with Crippen LogP contribution >= 0.6 is 0 Å². The predicted molar refractivity (Wildman–Crippen MR) is 46.9 cm³/mol. The van der Waals surface area contributed by atoms with Gasteiger partial charge in [0.1, 0.15) is 0 Å². The van der Waals surface area contributed by atoms with Crippen molar-refractivity contribution in [2.45, 2.75) is 25.7 Å². The Labute approximate surface area is 77.5 Å². The molecule has 0 saturated heterocycles. The van der Waals surface area contributed by atoms with Gasteiger partial charge in [0.15, 0.2) is 0 Å². The van der Waals surface area contributed by atoms with Crippen molar-refractivity contribution in [1.82, 2.24) is 4.90 Å². The van der Waals surface area contributed by atoms with Gasteiger partial charge in [-0.2, -0.15) is 0 Å². The molecule has 0 aromatic rings. The van der Waals surface area contributed by atoms with Crippen molar-refractivity contribution in [2.24, 2.45) is 5.92 Å². The second-order valence-electron chi connectivity index (χ2n) is 3.65. The van der Waals surface area contributed by atoms with E-state index in [0.717, 1.165) is 12.3 Å². The van der Waals surface area contributed by atoms with Gasteiger partial charge in [-0.1, -0.05) is 12.8 Å². The zero-order valence-corrected chi connectivity index (χ0v) is 7.75. The van der Waals surface area contributed by atoms with Crippen LogP contribution in [0.25, 0.3) is 0 Å². The Morgan fingerprint density at radius 1 is 1.31 bits per heavy atom. The smallest absolute Gasteiger partial charge is 0.251 e. The van der Waals surface area contributed by atoms with Gasteiger partial charge in [-0.05, 0) is 18.9 Å². The van der Waals surface area contributed by atoms with E-state index in [4.69, 9.17) is 5.11 Å². The highest BCUT2D eigenvalue weighted by Gasteiger charge is 2.22. The molecule has 2 nitrogen and oxygen atoms in total. The lowest BCUT2D eigenvalue weighted by Gasteiger charge is -2.20. The molecule has 1 N–H and O–H groups in total. The van der Waals surface area contributed by atoms with E-state index in [9.17, 15) is 8.78 Å². The summed E-state index contributed by atoms with van der Waals surface area (Å²) in [5, 5.41) is 8.64. The van der Waals surface area contributed by atoms with E-state index >= 15 is 0 Å². The normalized spacial score (nSPS) is 17.3. The highest BCUT2D eigenvalue weighted by Crippen LogP contribution is 2.32. The summed E-state index contributed by atoms with van der Waals surface area (Å²) in [7, 11) is 0. The molecule has 1 rings (SSSR count). The number of hydrogen-bond acceptors (Lipinski definition) is 2. The predicted octanol–water partition coefficient (Wildman–Crippen LogP) is 1.35. The Morgan fingerprint density at radius 2 is 2.00 bits per heavy atom. The molecular weight excluding hydrogens is 176 g/mol. The van der Waals surface area contributed by atoms with Crippen LogP contribution in [0, 0.1) is 5.92 Å². The molecule has 0 unspecified atom stereocenters. The van der Waals surface area contributed by atoms with E-state index in [1.807, 2.05) is 0 Å². The van der Waals surface area contributed by atoms with Crippen molar-refractivity contribution in [2.75, 3.05) is 26.2 Å². The number of rotatable bonds is 7. The number of halogens is 2. The molecule has 0 spiro atoms. The molecular formula is C9H17F2NO. The highest BCUT2D eigenvalue weighted by molar-refractivity contribution is 4.74. The zero-order valence-electron chi connectivity index (χ0n) is 7.75. The molecule has 0 aromatic carbocycles. The molecule has 0 aliphatic heterocycles. The minimum absolute atomic E-state index is 0.0304. The number of aliphatic hydroxyl groups is 1. The molecule has 0 heterocycles. The van der Waals surface area contributed by atoms with Gasteiger partial charge in [0.05, 0.1) is 13.2 Å². The average Bonchev–Trinajstić information content (AvgIpc) is 2.82. The fourth-order valence-electron chi connectivity index (χ4n) is 1.40. The average molecular weight is 193 g/mol. The molecule has 1 aliphatic rings. The number of alkyl halides is 2. The van der Waals surface area contributed by atoms with Gasteiger partial charge < -0.3 is 5.11 Å². The molecule has 0 atom stereocenters. The summed E-state index contributed by atoms with van der Waals surface area (Å²) in [4.78, 5) is 1.64. The topological polar surface area (TPSA) is 23.5 Å². The van der Waals surface area contributed by atoms with E-state index in [0.29, 0.717) is 13.1 Å². The number of aliphatic hydroxyl groups excluding tert-OH is 1. The van der Waals surface area contributed by atoms with Gasteiger partial charge >= 0.3 is 0 Å². The molecule has 1 aliphatic carbocycles. The second-order valence-corrected chi connectivity index (χ2v) is 3.65. The van der Waals surface area contributed by atoms with Crippen LogP contribution in [0.1, 0.15) is 19.3 Å². The van der Waals surface area contributed by atoms with Crippen LogP contribution in [0.4, 0.5) is 8.78 Å². The molecule has 0 amide bonds. The quantitative estimate of drug-likeness (QED) is 0.659. The Balaban J connectivity index is 2.11. The summed E-state index contributed by atoms with van der Waals surface area (Å²) in [6, 6.07) is 0. The van der Waals surface area contributed by atoms with Crippen molar-refractivity contribution < 1.29 is 13.9 Å². The first-order chi connectivity index (χ1) is 6.22. The van der Waals surface area contributed by atoms with Crippen molar-refractivity contribution in [1.29, 1.82) is 0 Å². The number of nitrogens with zero attached hydrogens (tertiary/aromatic N) is 1. The molecule has 1 saturated carbocycles. The van der Waals surface area contributed by atoms with Crippen molar-refractivity contribution in [3.8, 4) is 0 Å². The summed E-state index contributed by atoms with van der Waals surface area (Å²) >= 11 is 0. The van der Waals surface area contributed by atoms with Crippen LogP contribution in [0.3, 0.4) is 0 Å². The Bertz CT molecular complexity index is 140. The van der Waals surface area contributed by atoms with Gasteiger partial charge in [-0.15, -0.1) is 0 Å². The molecule has 13 heavy (non-hydrogen) atoms. The third kappa shape index (κ3) is 5.16. The van der Waals surface area contributed by atoms with E-state index in [1.165, 1.54) is 12.8 Å². The Kier molecular flexibility index (Phi) is 4.59. The first-order valence-electron chi connectivity index (χ1n) is 4.83. The Hall–Kier alpha value is -0.220. The maximum absolute atomic E-state index is 12.0. The zero-order chi connectivity index (χ0) is 9.68. The fraction of sp³-hybridized carbons (Fsp3) is 1.00. The first-order valence-corrected chi connectivity index (χ1v) is 4.83. The van der Waals surface area contributed by atoms with Crippen molar-refractivity contribution >= 4 is 0 Å². The first kappa shape index (κ1) is 10.9. The van der Waals surface area contributed by atoms with E-state index in [-0.39, 0.29) is 13.2 Å². The third-order valence-corrected chi connectivity index (χ3v) is 2.36. The third-order valence-electron chi connectivity index (χ3n) is 2.36. The summed E-state index contributed by atoms with van der Waals surface area (Å²) in [5.41, 5.74) is 0. The summed E-state index contributed by atoms with van der Waals surface area (Å²) in [5.74, 6) is 0.763. The monoisotopic (exact) mass is 193 g/mol. The largest absolute Gasteiger partial charge is 0.395 e. The molecule has 4 heteroatoms. The lowest BCUT2D eigenvalue weighted by molar-refractivity contribution is 0.0770. The molecule has 78 valence electrons. The summed E-state index contributed by atoms with van der Waals surface area (Å²) in [6.07, 6.45) is 1.22. The van der Waals surface area contributed by atoms with Crippen LogP contribution < -0.4 is 0 Å². The van der Waals surface area contributed by atoms with Crippen molar-refractivity contribution in [3.05, 3.63) is 0 Å². The lowest BCUT2D eigenvalue weighted by Crippen LogP contribution is -2.32. The maximum Gasteiger partial charge on any atom is 0.251 e. The molecule has 0 aromatic heterocycles. The summed E-state index contributed by atoms with van der Waals surface area (Å²) < 4.78 is 24.0. The van der Waals surface area contributed by atoms with E-state index in [2.05, 4.69) is 0 Å². The van der Waals surface area contributed by atoms with Gasteiger partial charge in [0, 0.05) is 6.54 Å². The maximum atomic E-state index is 12.0. The number of hydrogen-bond donors (Lipinski definition) is 1. The minimum atomic E-state index is -2.29. The van der Waals surface area contributed by atoms with Crippen LogP contribution in [0.5, 0.6) is 0 Å². The Morgan fingerprint density at radius 3 is 2.46 bits per heavy atom.